The summed E-state index contributed by atoms with van der Waals surface area (Å²) in [6, 6.07) is 15.2. The molecule has 0 radical (unpaired) electrons. The summed E-state index contributed by atoms with van der Waals surface area (Å²) in [6.07, 6.45) is 6.37. The first-order valence-electron chi connectivity index (χ1n) is 13.9. The summed E-state index contributed by atoms with van der Waals surface area (Å²) in [5, 5.41) is 21.9. The number of pyridine rings is 1. The van der Waals surface area contributed by atoms with Crippen molar-refractivity contribution in [2.45, 2.75) is 56.7 Å². The topological polar surface area (TPSA) is 96.2 Å². The molecule has 1 amide bonds. The molecule has 3 heterocycles. The van der Waals surface area contributed by atoms with Crippen LogP contribution in [0.4, 0.5) is 10.2 Å². The minimum atomic E-state index is -0.693. The number of carbonyl (C=O) groups excluding carboxylic acids is 1. The molecule has 7 rings (SSSR count). The second-order valence-corrected chi connectivity index (χ2v) is 11.4. The van der Waals surface area contributed by atoms with Crippen LogP contribution in [0.1, 0.15) is 65.2 Å². The molecule has 1 aliphatic heterocycles. The highest BCUT2D eigenvalue weighted by molar-refractivity contribution is 6.10. The highest BCUT2D eigenvalue weighted by Crippen LogP contribution is 2.43. The number of amides is 1. The fourth-order valence-corrected chi connectivity index (χ4v) is 5.76. The minimum absolute atomic E-state index is 0.179. The Morgan fingerprint density at radius 2 is 1.90 bits per heavy atom. The number of nitrogens with one attached hydrogen (secondary N) is 1. The molecule has 2 saturated carbocycles. The van der Waals surface area contributed by atoms with Crippen molar-refractivity contribution in [2.75, 3.05) is 11.4 Å². The quantitative estimate of drug-likeness (QED) is 0.337. The maximum absolute atomic E-state index is 15.0. The van der Waals surface area contributed by atoms with Gasteiger partial charge in [-0.15, -0.1) is 10.2 Å². The Bertz CT molecular complexity index is 1620. The predicted octanol–water partition coefficient (Wildman–Crippen LogP) is 4.73. The smallest absolute Gasteiger partial charge is 0.260 e. The van der Waals surface area contributed by atoms with Gasteiger partial charge in [0.2, 0.25) is 0 Å². The van der Waals surface area contributed by atoms with Gasteiger partial charge in [-0.2, -0.15) is 0 Å². The third-order valence-corrected chi connectivity index (χ3v) is 8.42. The zero-order valence-corrected chi connectivity index (χ0v) is 22.4. The summed E-state index contributed by atoms with van der Waals surface area (Å²) in [7, 11) is 1.91. The van der Waals surface area contributed by atoms with Crippen LogP contribution in [0.15, 0.2) is 54.9 Å². The fourth-order valence-electron chi connectivity index (χ4n) is 5.76. The van der Waals surface area contributed by atoms with Crippen LogP contribution in [-0.4, -0.2) is 42.9 Å². The average molecular weight is 539 g/mol. The standard InChI is InChI=1S/C31H31FN6O2/c1-37-18-34-36-29(37)24-6-3-2-5-23(24)20-13-27(19-7-8-19)35-28(14-20)38-16-22-12-26(32)21(11-25(22)30(38)39)15-33-17-31(40)9-4-10-31/h2-3,5-6,11-14,18-19,33,40H,4,7-10,15-17H2,1H3. The predicted molar refractivity (Wildman–Crippen MR) is 149 cm³/mol. The van der Waals surface area contributed by atoms with Gasteiger partial charge in [-0.3, -0.25) is 9.69 Å². The fraction of sp³-hybridized carbons (Fsp3) is 0.355. The molecule has 4 aromatic rings. The number of benzene rings is 2. The number of carbonyl (C=O) groups is 1. The zero-order chi connectivity index (χ0) is 27.4. The number of aryl methyl sites for hydroxylation is 1. The molecular weight excluding hydrogens is 507 g/mol. The van der Waals surface area contributed by atoms with Gasteiger partial charge in [0.25, 0.3) is 5.91 Å². The van der Waals surface area contributed by atoms with E-state index in [2.05, 4.69) is 27.6 Å². The van der Waals surface area contributed by atoms with E-state index in [9.17, 15) is 9.90 Å². The van der Waals surface area contributed by atoms with Crippen molar-refractivity contribution in [3.05, 3.63) is 83.1 Å². The van der Waals surface area contributed by atoms with E-state index in [1.54, 1.807) is 17.3 Å². The molecule has 0 saturated heterocycles. The largest absolute Gasteiger partial charge is 0.389 e. The Morgan fingerprint density at radius 1 is 1.10 bits per heavy atom. The Kier molecular flexibility index (Phi) is 6.01. The summed E-state index contributed by atoms with van der Waals surface area (Å²) in [5.74, 6) is 1.18. The molecule has 3 aliphatic rings. The van der Waals surface area contributed by atoms with Gasteiger partial charge in [0.15, 0.2) is 5.82 Å². The molecule has 2 aliphatic carbocycles. The number of hydrogen-bond donors (Lipinski definition) is 2. The molecule has 204 valence electrons. The average Bonchev–Trinajstić information content (AvgIpc) is 3.64. The van der Waals surface area contributed by atoms with E-state index >= 15 is 4.39 Å². The number of aromatic nitrogens is 4. The molecule has 40 heavy (non-hydrogen) atoms. The number of rotatable bonds is 8. The van der Waals surface area contributed by atoms with Gasteiger partial charge >= 0.3 is 0 Å². The van der Waals surface area contributed by atoms with Crippen molar-refractivity contribution in [1.29, 1.82) is 0 Å². The van der Waals surface area contributed by atoms with E-state index in [0.717, 1.165) is 60.3 Å². The Morgan fingerprint density at radius 3 is 2.60 bits per heavy atom. The van der Waals surface area contributed by atoms with Gasteiger partial charge in [-0.05, 0) is 73.1 Å². The highest BCUT2D eigenvalue weighted by Gasteiger charge is 2.35. The number of fused-ring (bicyclic) bond motifs is 1. The minimum Gasteiger partial charge on any atom is -0.389 e. The highest BCUT2D eigenvalue weighted by atomic mass is 19.1. The molecule has 0 bridgehead atoms. The summed E-state index contributed by atoms with van der Waals surface area (Å²) in [4.78, 5) is 20.2. The number of anilines is 1. The molecular formula is C31H31FN6O2. The normalized spacial score (nSPS) is 17.7. The zero-order valence-electron chi connectivity index (χ0n) is 22.4. The molecule has 0 unspecified atom stereocenters. The van der Waals surface area contributed by atoms with Gasteiger partial charge in [0.1, 0.15) is 18.0 Å². The van der Waals surface area contributed by atoms with Crippen molar-refractivity contribution in [1.82, 2.24) is 25.1 Å². The van der Waals surface area contributed by atoms with E-state index in [4.69, 9.17) is 4.98 Å². The molecule has 0 spiro atoms. The van der Waals surface area contributed by atoms with Crippen molar-refractivity contribution in [3.63, 3.8) is 0 Å². The van der Waals surface area contributed by atoms with Gasteiger partial charge in [-0.1, -0.05) is 24.3 Å². The van der Waals surface area contributed by atoms with Crippen LogP contribution in [0, 0.1) is 5.82 Å². The van der Waals surface area contributed by atoms with Crippen LogP contribution >= 0.6 is 0 Å². The van der Waals surface area contributed by atoms with Gasteiger partial charge in [0, 0.05) is 48.4 Å². The van der Waals surface area contributed by atoms with Crippen LogP contribution in [0.2, 0.25) is 0 Å². The SMILES string of the molecule is Cn1cnnc1-c1ccccc1-c1cc(C2CC2)nc(N2Cc3cc(F)c(CNCC4(O)CCC4)cc3C2=O)c1. The molecule has 2 fully saturated rings. The lowest BCUT2D eigenvalue weighted by molar-refractivity contribution is -0.0315. The number of hydrogen-bond acceptors (Lipinski definition) is 6. The van der Waals surface area contributed by atoms with Crippen molar-refractivity contribution in [2.24, 2.45) is 7.05 Å². The summed E-state index contributed by atoms with van der Waals surface area (Å²) in [6.45, 7) is 0.942. The number of halogens is 1. The van der Waals surface area contributed by atoms with E-state index in [0.29, 0.717) is 35.0 Å². The summed E-state index contributed by atoms with van der Waals surface area (Å²) < 4.78 is 16.9. The molecule has 0 atom stereocenters. The number of aliphatic hydroxyl groups is 1. The van der Waals surface area contributed by atoms with Crippen molar-refractivity contribution < 1.29 is 14.3 Å². The third-order valence-electron chi connectivity index (χ3n) is 8.42. The monoisotopic (exact) mass is 538 g/mol. The van der Waals surface area contributed by atoms with E-state index < -0.39 is 5.60 Å². The molecule has 8 nitrogen and oxygen atoms in total. The lowest BCUT2D eigenvalue weighted by Gasteiger charge is -2.36. The second-order valence-electron chi connectivity index (χ2n) is 11.4. The molecule has 2 aromatic heterocycles. The Hall–Kier alpha value is -3.95. The van der Waals surface area contributed by atoms with Crippen molar-refractivity contribution >= 4 is 11.7 Å². The maximum Gasteiger partial charge on any atom is 0.260 e. The lowest BCUT2D eigenvalue weighted by atomic mass is 9.80. The summed E-state index contributed by atoms with van der Waals surface area (Å²) >= 11 is 0. The second kappa shape index (κ2) is 9.60. The van der Waals surface area contributed by atoms with Gasteiger partial charge in [0.05, 0.1) is 12.1 Å². The maximum atomic E-state index is 15.0. The van der Waals surface area contributed by atoms with Crippen LogP contribution in [-0.2, 0) is 20.1 Å². The van der Waals surface area contributed by atoms with Crippen molar-refractivity contribution in [3.8, 4) is 22.5 Å². The third kappa shape index (κ3) is 4.49. The van der Waals surface area contributed by atoms with Crippen LogP contribution < -0.4 is 10.2 Å². The van der Waals surface area contributed by atoms with E-state index in [1.165, 1.54) is 6.07 Å². The van der Waals surface area contributed by atoms with Gasteiger partial charge < -0.3 is 15.0 Å². The summed E-state index contributed by atoms with van der Waals surface area (Å²) in [5.41, 5.74) is 4.75. The van der Waals surface area contributed by atoms with E-state index in [1.807, 2.05) is 35.9 Å². The number of nitrogens with zero attached hydrogens (tertiary/aromatic N) is 5. The first-order valence-corrected chi connectivity index (χ1v) is 13.9. The molecule has 9 heteroatoms. The molecule has 2 N–H and O–H groups in total. The first-order chi connectivity index (χ1) is 19.4. The van der Waals surface area contributed by atoms with E-state index in [-0.39, 0.29) is 24.8 Å². The Labute approximate surface area is 231 Å². The van der Waals surface area contributed by atoms with Crippen LogP contribution in [0.5, 0.6) is 0 Å². The Balaban J connectivity index is 1.21. The molecule has 2 aromatic carbocycles. The van der Waals surface area contributed by atoms with Crippen LogP contribution in [0.25, 0.3) is 22.5 Å². The first kappa shape index (κ1) is 25.0. The van der Waals surface area contributed by atoms with Crippen LogP contribution in [0.3, 0.4) is 0 Å². The van der Waals surface area contributed by atoms with Gasteiger partial charge in [-0.25, -0.2) is 9.37 Å². The lowest BCUT2D eigenvalue weighted by Crippen LogP contribution is -2.46.